The van der Waals surface area contributed by atoms with Gasteiger partial charge in [0.15, 0.2) is 6.61 Å². The molecule has 0 aliphatic heterocycles. The zero-order valence-electron chi connectivity index (χ0n) is 16.3. The Kier molecular flexibility index (Phi) is 5.89. The molecule has 0 saturated heterocycles. The van der Waals surface area contributed by atoms with Gasteiger partial charge in [0.25, 0.3) is 5.89 Å². The van der Waals surface area contributed by atoms with Crippen LogP contribution in [-0.2, 0) is 6.61 Å². The van der Waals surface area contributed by atoms with Gasteiger partial charge in [0.2, 0.25) is 17.7 Å². The molecule has 0 radical (unpaired) electrons. The molecule has 2 aromatic heterocycles. The van der Waals surface area contributed by atoms with E-state index in [2.05, 4.69) is 25.4 Å². The maximum absolute atomic E-state index is 13.4. The van der Waals surface area contributed by atoms with E-state index in [1.165, 1.54) is 12.1 Å². The quantitative estimate of drug-likeness (QED) is 0.415. The molecule has 0 saturated carbocycles. The van der Waals surface area contributed by atoms with Crippen LogP contribution < -0.4 is 10.1 Å². The number of aromatic nitrogens is 4. The average Bonchev–Trinajstić information content (AvgIpc) is 3.21. The third kappa shape index (κ3) is 4.93. The van der Waals surface area contributed by atoms with Crippen molar-refractivity contribution in [2.75, 3.05) is 11.6 Å². The predicted molar refractivity (Wildman–Crippen MR) is 112 cm³/mol. The number of hydrogen-bond acceptors (Lipinski definition) is 8. The zero-order chi connectivity index (χ0) is 20.9. The van der Waals surface area contributed by atoms with Crippen molar-refractivity contribution >= 4 is 23.4 Å². The van der Waals surface area contributed by atoms with Crippen LogP contribution in [0.2, 0.25) is 0 Å². The Morgan fingerprint density at radius 1 is 1.07 bits per heavy atom. The molecule has 0 atom stereocenters. The fourth-order valence-corrected chi connectivity index (χ4v) is 3.08. The maximum atomic E-state index is 13.4. The summed E-state index contributed by atoms with van der Waals surface area (Å²) in [6.07, 6.45) is 2.02. The minimum absolute atomic E-state index is 0.0613. The van der Waals surface area contributed by atoms with Crippen LogP contribution in [0.15, 0.2) is 64.0 Å². The van der Waals surface area contributed by atoms with E-state index in [4.69, 9.17) is 9.26 Å². The number of anilines is 2. The highest BCUT2D eigenvalue weighted by atomic mass is 32.2. The van der Waals surface area contributed by atoms with Crippen molar-refractivity contribution in [2.24, 2.45) is 0 Å². The number of hydrogen-bond donors (Lipinski definition) is 1. The summed E-state index contributed by atoms with van der Waals surface area (Å²) in [5.74, 6) is 1.11. The number of ether oxygens (including phenoxy) is 1. The molecule has 2 aromatic carbocycles. The molecule has 7 nitrogen and oxygen atoms in total. The Bertz CT molecular complexity index is 1150. The van der Waals surface area contributed by atoms with E-state index in [0.717, 1.165) is 10.5 Å². The van der Waals surface area contributed by atoms with E-state index in [1.807, 2.05) is 37.4 Å². The number of halogens is 1. The highest BCUT2D eigenvalue weighted by Crippen LogP contribution is 2.22. The molecule has 4 rings (SSSR count). The van der Waals surface area contributed by atoms with E-state index >= 15 is 0 Å². The second-order valence-corrected chi connectivity index (χ2v) is 7.22. The third-order valence-electron chi connectivity index (χ3n) is 4.07. The topological polar surface area (TPSA) is 86.0 Å². The summed E-state index contributed by atoms with van der Waals surface area (Å²) < 4.78 is 24.3. The van der Waals surface area contributed by atoms with Crippen molar-refractivity contribution in [1.29, 1.82) is 0 Å². The lowest BCUT2D eigenvalue weighted by atomic mass is 10.2. The Labute approximate surface area is 176 Å². The van der Waals surface area contributed by atoms with Crippen molar-refractivity contribution in [3.05, 3.63) is 72.0 Å². The van der Waals surface area contributed by atoms with Crippen LogP contribution in [0.5, 0.6) is 5.88 Å². The number of benzene rings is 2. The summed E-state index contributed by atoms with van der Waals surface area (Å²) in [7, 11) is 0. The summed E-state index contributed by atoms with van der Waals surface area (Å²) in [6.45, 7) is 1.88. The van der Waals surface area contributed by atoms with E-state index < -0.39 is 0 Å². The van der Waals surface area contributed by atoms with Crippen molar-refractivity contribution in [2.45, 2.75) is 18.4 Å². The highest BCUT2D eigenvalue weighted by molar-refractivity contribution is 7.98. The fraction of sp³-hybridized carbons (Fsp3) is 0.143. The largest absolute Gasteiger partial charge is 0.467 e. The number of nitrogens with zero attached hydrogens (tertiary/aromatic N) is 4. The average molecular weight is 423 g/mol. The molecule has 4 aromatic rings. The number of nitrogens with one attached hydrogen (secondary N) is 1. The number of aryl methyl sites for hydroxylation is 1. The lowest BCUT2D eigenvalue weighted by molar-refractivity contribution is 0.235. The Hall–Kier alpha value is -3.46. The molecule has 0 unspecified atom stereocenters. The van der Waals surface area contributed by atoms with Crippen molar-refractivity contribution < 1.29 is 13.7 Å². The monoisotopic (exact) mass is 423 g/mol. The van der Waals surface area contributed by atoms with Crippen LogP contribution in [-0.4, -0.2) is 26.4 Å². The van der Waals surface area contributed by atoms with Gasteiger partial charge in [-0.05, 0) is 55.6 Å². The van der Waals surface area contributed by atoms with Gasteiger partial charge in [-0.15, -0.1) is 11.8 Å². The van der Waals surface area contributed by atoms with Crippen molar-refractivity contribution in [3.8, 4) is 17.3 Å². The van der Waals surface area contributed by atoms with Crippen molar-refractivity contribution in [3.63, 3.8) is 0 Å². The van der Waals surface area contributed by atoms with Gasteiger partial charge in [-0.2, -0.15) is 9.97 Å². The second kappa shape index (κ2) is 8.91. The Morgan fingerprint density at radius 2 is 1.90 bits per heavy atom. The summed E-state index contributed by atoms with van der Waals surface area (Å²) in [6, 6.07) is 15.6. The molecule has 0 bridgehead atoms. The highest BCUT2D eigenvalue weighted by Gasteiger charge is 2.11. The van der Waals surface area contributed by atoms with Gasteiger partial charge < -0.3 is 14.6 Å². The van der Waals surface area contributed by atoms with E-state index in [9.17, 15) is 4.39 Å². The van der Waals surface area contributed by atoms with Gasteiger partial charge in [0.05, 0.1) is 0 Å². The Balaban J connectivity index is 1.43. The molecule has 0 fully saturated rings. The molecular formula is C21H18FN5O2S. The molecule has 2 heterocycles. The SMILES string of the molecule is CSc1ccc(-c2noc(COc3cc(C)nc(Nc4cccc(F)c4)n3)n2)cc1. The molecule has 0 aliphatic carbocycles. The lowest BCUT2D eigenvalue weighted by Crippen LogP contribution is -2.03. The molecule has 0 spiro atoms. The normalized spacial score (nSPS) is 10.8. The first-order chi connectivity index (χ1) is 14.6. The minimum Gasteiger partial charge on any atom is -0.467 e. The molecule has 1 N–H and O–H groups in total. The number of rotatable bonds is 7. The fourth-order valence-electron chi connectivity index (χ4n) is 2.67. The smallest absolute Gasteiger partial charge is 0.264 e. The molecule has 30 heavy (non-hydrogen) atoms. The zero-order valence-corrected chi connectivity index (χ0v) is 17.1. The standard InChI is InChI=1S/C21H18FN5O2S/c1-13-10-18(26-21(23-13)24-16-5-3-4-15(22)11-16)28-12-19-25-20(27-29-19)14-6-8-17(30-2)9-7-14/h3-11H,12H2,1-2H3,(H,23,24,26). The lowest BCUT2D eigenvalue weighted by Gasteiger charge is -2.08. The predicted octanol–water partition coefficient (Wildman–Crippen LogP) is 5.02. The summed E-state index contributed by atoms with van der Waals surface area (Å²) in [5.41, 5.74) is 2.10. The van der Waals surface area contributed by atoms with Gasteiger partial charge in [0, 0.05) is 27.9 Å². The summed E-state index contributed by atoms with van der Waals surface area (Å²) in [5, 5.41) is 6.96. The van der Waals surface area contributed by atoms with Gasteiger partial charge in [0.1, 0.15) is 5.82 Å². The third-order valence-corrected chi connectivity index (χ3v) is 4.81. The molecule has 0 aliphatic rings. The first-order valence-corrected chi connectivity index (χ1v) is 10.3. The summed E-state index contributed by atoms with van der Waals surface area (Å²) >= 11 is 1.67. The summed E-state index contributed by atoms with van der Waals surface area (Å²) in [4.78, 5) is 14.1. The van der Waals surface area contributed by atoms with Crippen molar-refractivity contribution in [1.82, 2.24) is 20.1 Å². The molecule has 152 valence electrons. The van der Waals surface area contributed by atoms with Crippen LogP contribution in [0, 0.1) is 12.7 Å². The number of thioether (sulfide) groups is 1. The molecule has 9 heteroatoms. The van der Waals surface area contributed by atoms with Crippen LogP contribution in [0.1, 0.15) is 11.6 Å². The van der Waals surface area contributed by atoms with Crippen LogP contribution >= 0.6 is 11.8 Å². The van der Waals surface area contributed by atoms with E-state index in [1.54, 1.807) is 30.0 Å². The van der Waals surface area contributed by atoms with Gasteiger partial charge >= 0.3 is 0 Å². The Morgan fingerprint density at radius 3 is 2.67 bits per heavy atom. The first kappa shape index (κ1) is 19.8. The molecular weight excluding hydrogens is 405 g/mol. The van der Waals surface area contributed by atoms with Gasteiger partial charge in [-0.25, -0.2) is 9.37 Å². The maximum Gasteiger partial charge on any atom is 0.264 e. The van der Waals surface area contributed by atoms with Gasteiger partial charge in [-0.3, -0.25) is 0 Å². The first-order valence-electron chi connectivity index (χ1n) is 9.07. The van der Waals surface area contributed by atoms with Crippen LogP contribution in [0.3, 0.4) is 0 Å². The van der Waals surface area contributed by atoms with E-state index in [-0.39, 0.29) is 12.4 Å². The van der Waals surface area contributed by atoms with Gasteiger partial charge in [-0.1, -0.05) is 11.2 Å². The van der Waals surface area contributed by atoms with Crippen LogP contribution in [0.25, 0.3) is 11.4 Å². The second-order valence-electron chi connectivity index (χ2n) is 6.34. The van der Waals surface area contributed by atoms with Crippen LogP contribution in [0.4, 0.5) is 16.0 Å². The minimum atomic E-state index is -0.348. The molecule has 0 amide bonds. The van der Waals surface area contributed by atoms with E-state index in [0.29, 0.717) is 34.9 Å².